The topological polar surface area (TPSA) is 0 Å². The van der Waals surface area contributed by atoms with E-state index in [1.807, 2.05) is 0 Å². The van der Waals surface area contributed by atoms with Gasteiger partial charge in [0.2, 0.25) is 0 Å². The minimum Gasteiger partial charge on any atom is -0.0444 e. The van der Waals surface area contributed by atoms with Crippen molar-refractivity contribution < 1.29 is 0 Å². The van der Waals surface area contributed by atoms with Gasteiger partial charge in [0.1, 0.15) is 0 Å². The zero-order valence-corrected chi connectivity index (χ0v) is 11.3. The molecular weight excluding hydrogens is 199 g/mol. The van der Waals surface area contributed by atoms with Crippen molar-refractivity contribution in [3.63, 3.8) is 0 Å². The van der Waals surface area contributed by atoms with Gasteiger partial charge in [0.05, 0.1) is 0 Å². The molecule has 1 aromatic rings. The molecule has 0 saturated heterocycles. The van der Waals surface area contributed by atoms with Gasteiger partial charge in [-0.15, -0.1) is 0 Å². The van der Waals surface area contributed by atoms with Crippen molar-refractivity contribution in [2.45, 2.75) is 41.5 Å². The molecule has 0 atom stereocenters. The fourth-order valence-corrected chi connectivity index (χ4v) is 3.87. The molecule has 2 rings (SSSR count). The van der Waals surface area contributed by atoms with Gasteiger partial charge in [0, 0.05) is 0 Å². The van der Waals surface area contributed by atoms with E-state index in [0.717, 1.165) is 0 Å². The van der Waals surface area contributed by atoms with Crippen molar-refractivity contribution in [2.75, 3.05) is 0 Å². The molecule has 0 amide bonds. The maximum Gasteiger partial charge on any atom is -0.0105 e. The summed E-state index contributed by atoms with van der Waals surface area (Å²) in [7, 11) is 1.42. The van der Waals surface area contributed by atoms with Crippen LogP contribution in [-0.2, 0) is 0 Å². The number of rotatable bonds is 0. The van der Waals surface area contributed by atoms with Crippen LogP contribution in [0.5, 0.6) is 0 Å². The normalized spacial score (nSPS) is 14.8. The molecular formula is C14H18P. The average Bonchev–Trinajstić information content (AvgIpc) is 2.47. The quantitative estimate of drug-likeness (QED) is 0.586. The van der Waals surface area contributed by atoms with E-state index in [0.29, 0.717) is 0 Å². The van der Waals surface area contributed by atoms with E-state index in [4.69, 9.17) is 0 Å². The molecule has 0 unspecified atom stereocenters. The first-order chi connectivity index (χ1) is 6.95. The minimum atomic E-state index is 1.42. The van der Waals surface area contributed by atoms with Gasteiger partial charge in [0.15, 0.2) is 0 Å². The zero-order valence-electron chi connectivity index (χ0n) is 10.4. The first kappa shape index (κ1) is 10.9. The molecule has 0 aliphatic carbocycles. The Bertz CT molecular complexity index is 511. The lowest BCUT2D eigenvalue weighted by molar-refractivity contribution is 1.16. The van der Waals surface area contributed by atoms with Crippen molar-refractivity contribution in [2.24, 2.45) is 0 Å². The van der Waals surface area contributed by atoms with Crippen LogP contribution in [0.3, 0.4) is 0 Å². The summed E-state index contributed by atoms with van der Waals surface area (Å²) in [4.78, 5) is 0. The van der Waals surface area contributed by atoms with E-state index in [2.05, 4.69) is 41.5 Å². The van der Waals surface area contributed by atoms with Crippen LogP contribution in [0.1, 0.15) is 36.1 Å². The summed E-state index contributed by atoms with van der Waals surface area (Å²) < 4.78 is 0. The third-order valence-electron chi connectivity index (χ3n) is 3.75. The summed E-state index contributed by atoms with van der Waals surface area (Å²) in [5, 5.41) is 6.09. The first-order valence-corrected chi connectivity index (χ1v) is 6.34. The highest BCUT2D eigenvalue weighted by Crippen LogP contribution is 2.36. The highest BCUT2D eigenvalue weighted by Gasteiger charge is 2.14. The molecule has 1 aromatic carbocycles. The smallest absolute Gasteiger partial charge is 0.0105 e. The standard InChI is InChI=1S/C14H18P/c1-7-8(2)10(4)14-12(6)15-11(5)13(14)9(7)3/h1-6H3. The fraction of sp³-hybridized carbons (Fsp3) is 0.429. The lowest BCUT2D eigenvalue weighted by atomic mass is 9.95. The molecule has 1 aliphatic rings. The summed E-state index contributed by atoms with van der Waals surface area (Å²) in [5.41, 5.74) is 5.90. The molecule has 0 saturated carbocycles. The fourth-order valence-electron chi connectivity index (χ4n) is 2.58. The predicted octanol–water partition coefficient (Wildman–Crippen LogP) is 3.14. The van der Waals surface area contributed by atoms with E-state index in [1.54, 1.807) is 0 Å². The van der Waals surface area contributed by atoms with Crippen LogP contribution < -0.4 is 10.4 Å². The Hall–Kier alpha value is -0.610. The monoisotopic (exact) mass is 217 g/mol. The third kappa shape index (κ3) is 1.39. The van der Waals surface area contributed by atoms with E-state index in [9.17, 15) is 0 Å². The van der Waals surface area contributed by atoms with Crippen LogP contribution in [0.15, 0.2) is 0 Å². The predicted molar refractivity (Wildman–Crippen MR) is 69.7 cm³/mol. The van der Waals surface area contributed by atoms with Gasteiger partial charge in [-0.3, -0.25) is 0 Å². The van der Waals surface area contributed by atoms with Crippen molar-refractivity contribution >= 4 is 19.2 Å². The summed E-state index contributed by atoms with van der Waals surface area (Å²) in [6, 6.07) is 0. The molecule has 0 N–H and O–H groups in total. The highest BCUT2D eigenvalue weighted by molar-refractivity contribution is 7.60. The Kier molecular flexibility index (Phi) is 2.51. The first-order valence-electron chi connectivity index (χ1n) is 5.45. The lowest BCUT2D eigenvalue weighted by Crippen LogP contribution is -2.31. The zero-order chi connectivity index (χ0) is 11.3. The van der Waals surface area contributed by atoms with Crippen LogP contribution in [0.4, 0.5) is 0 Å². The van der Waals surface area contributed by atoms with Crippen LogP contribution in [0.25, 0.3) is 10.6 Å². The lowest BCUT2D eigenvalue weighted by Gasteiger charge is -2.10. The van der Waals surface area contributed by atoms with Gasteiger partial charge in [-0.1, -0.05) is 0 Å². The van der Waals surface area contributed by atoms with Gasteiger partial charge in [-0.25, -0.2) is 0 Å². The van der Waals surface area contributed by atoms with Crippen LogP contribution >= 0.6 is 8.58 Å². The van der Waals surface area contributed by atoms with Gasteiger partial charge < -0.3 is 0 Å². The van der Waals surface area contributed by atoms with Crippen molar-refractivity contribution in [1.29, 1.82) is 0 Å². The molecule has 0 spiro atoms. The van der Waals surface area contributed by atoms with Crippen molar-refractivity contribution in [3.05, 3.63) is 32.7 Å². The number of fused-ring (bicyclic) bond motifs is 1. The Morgan fingerprint density at radius 2 is 0.867 bits per heavy atom. The Morgan fingerprint density at radius 3 is 1.20 bits per heavy atom. The summed E-state index contributed by atoms with van der Waals surface area (Å²) >= 11 is 0. The average molecular weight is 217 g/mol. The minimum absolute atomic E-state index is 1.42. The van der Waals surface area contributed by atoms with Crippen LogP contribution in [0, 0.1) is 27.7 Å². The Balaban J connectivity index is 3.14. The van der Waals surface area contributed by atoms with Gasteiger partial charge >= 0.3 is 0 Å². The van der Waals surface area contributed by atoms with E-state index >= 15 is 0 Å². The van der Waals surface area contributed by atoms with E-state index in [1.165, 1.54) is 51.9 Å². The SMILES string of the molecule is CC1=c2c(C)c(C)c(C)c(C)c2=C(C)[P]1. The van der Waals surface area contributed by atoms with Crippen LogP contribution in [0.2, 0.25) is 0 Å². The molecule has 1 aliphatic heterocycles. The Morgan fingerprint density at radius 1 is 0.533 bits per heavy atom. The van der Waals surface area contributed by atoms with Gasteiger partial charge in [-0.2, -0.15) is 0 Å². The second kappa shape index (κ2) is 3.46. The molecule has 79 valence electrons. The summed E-state index contributed by atoms with van der Waals surface area (Å²) in [6.45, 7) is 13.5. The molecule has 0 aromatic heterocycles. The summed E-state index contributed by atoms with van der Waals surface area (Å²) in [6.07, 6.45) is 0. The summed E-state index contributed by atoms with van der Waals surface area (Å²) in [5.74, 6) is 0. The second-order valence-corrected chi connectivity index (χ2v) is 6.10. The van der Waals surface area contributed by atoms with Crippen LogP contribution in [-0.4, -0.2) is 0 Å². The molecule has 0 fully saturated rings. The molecule has 0 bridgehead atoms. The number of hydrogen-bond donors (Lipinski definition) is 0. The molecule has 1 radical (unpaired) electrons. The maximum absolute atomic E-state index is 2.26. The Labute approximate surface area is 93.9 Å². The van der Waals surface area contributed by atoms with Crippen molar-refractivity contribution in [1.82, 2.24) is 0 Å². The largest absolute Gasteiger partial charge is 0.0444 e. The van der Waals surface area contributed by atoms with E-state index in [-0.39, 0.29) is 0 Å². The maximum atomic E-state index is 2.26. The third-order valence-corrected chi connectivity index (χ3v) is 4.86. The number of benzene rings is 1. The van der Waals surface area contributed by atoms with Crippen molar-refractivity contribution in [3.8, 4) is 0 Å². The molecule has 1 heteroatoms. The molecule has 0 nitrogen and oxygen atoms in total. The molecule has 1 heterocycles. The highest BCUT2D eigenvalue weighted by atomic mass is 31.1. The van der Waals surface area contributed by atoms with E-state index < -0.39 is 0 Å². The van der Waals surface area contributed by atoms with Gasteiger partial charge in [-0.05, 0) is 93.4 Å². The van der Waals surface area contributed by atoms with Gasteiger partial charge in [0.25, 0.3) is 0 Å². The second-order valence-electron chi connectivity index (χ2n) is 4.53. The molecule has 15 heavy (non-hydrogen) atoms. The number of hydrogen-bond acceptors (Lipinski definition) is 0.